The Morgan fingerprint density at radius 3 is 2.88 bits per heavy atom. The van der Waals surface area contributed by atoms with Crippen molar-refractivity contribution < 1.29 is 4.74 Å². The first kappa shape index (κ1) is 11.4. The molecule has 1 aromatic heterocycles. The maximum absolute atomic E-state index is 6.23. The summed E-state index contributed by atoms with van der Waals surface area (Å²) in [6, 6.07) is 2.35. The monoisotopic (exact) mass is 220 g/mol. The number of nitrogens with two attached hydrogens (primary N) is 1. The molecule has 16 heavy (non-hydrogen) atoms. The first-order chi connectivity index (χ1) is 7.81. The minimum absolute atomic E-state index is 0.274. The van der Waals surface area contributed by atoms with Crippen LogP contribution in [0.4, 0.5) is 0 Å². The van der Waals surface area contributed by atoms with Crippen molar-refractivity contribution in [2.75, 3.05) is 7.11 Å². The number of methoxy groups -OCH3 is 1. The number of hydrogen-bond donors (Lipinski definition) is 1. The van der Waals surface area contributed by atoms with Crippen molar-refractivity contribution in [1.29, 1.82) is 0 Å². The van der Waals surface area contributed by atoms with Crippen LogP contribution >= 0.6 is 0 Å². The summed E-state index contributed by atoms with van der Waals surface area (Å²) < 4.78 is 5.21. The Morgan fingerprint density at radius 1 is 1.25 bits per heavy atom. The average Bonchev–Trinajstić information content (AvgIpc) is 2.54. The highest BCUT2D eigenvalue weighted by Crippen LogP contribution is 2.31. The molecular formula is C13H20N2O. The van der Waals surface area contributed by atoms with E-state index < -0.39 is 0 Å². The minimum Gasteiger partial charge on any atom is -0.495 e. The van der Waals surface area contributed by atoms with E-state index >= 15 is 0 Å². The largest absolute Gasteiger partial charge is 0.495 e. The zero-order chi connectivity index (χ0) is 11.4. The maximum Gasteiger partial charge on any atom is 0.137 e. The molecule has 0 aliphatic heterocycles. The molecule has 1 aliphatic rings. The van der Waals surface area contributed by atoms with Crippen molar-refractivity contribution in [1.82, 2.24) is 4.98 Å². The second-order valence-corrected chi connectivity index (χ2v) is 4.57. The van der Waals surface area contributed by atoms with Gasteiger partial charge in [0.25, 0.3) is 0 Å². The van der Waals surface area contributed by atoms with Gasteiger partial charge in [0.1, 0.15) is 5.75 Å². The molecule has 1 saturated carbocycles. The van der Waals surface area contributed by atoms with Crippen LogP contribution in [0.3, 0.4) is 0 Å². The third-order valence-corrected chi connectivity index (χ3v) is 3.47. The quantitative estimate of drug-likeness (QED) is 0.779. The molecule has 88 valence electrons. The predicted molar refractivity (Wildman–Crippen MR) is 64.6 cm³/mol. The fourth-order valence-corrected chi connectivity index (χ4v) is 2.50. The van der Waals surface area contributed by atoms with Gasteiger partial charge in [0.15, 0.2) is 0 Å². The van der Waals surface area contributed by atoms with E-state index in [2.05, 4.69) is 11.1 Å². The summed E-state index contributed by atoms with van der Waals surface area (Å²) in [5, 5.41) is 0. The van der Waals surface area contributed by atoms with Gasteiger partial charge >= 0.3 is 0 Å². The molecule has 3 nitrogen and oxygen atoms in total. The van der Waals surface area contributed by atoms with Gasteiger partial charge in [0.2, 0.25) is 0 Å². The van der Waals surface area contributed by atoms with E-state index in [-0.39, 0.29) is 6.04 Å². The van der Waals surface area contributed by atoms with Crippen LogP contribution in [0, 0.1) is 0 Å². The lowest BCUT2D eigenvalue weighted by molar-refractivity contribution is 0.410. The van der Waals surface area contributed by atoms with E-state index in [0.717, 1.165) is 12.2 Å². The summed E-state index contributed by atoms with van der Waals surface area (Å²) in [4.78, 5) is 4.22. The van der Waals surface area contributed by atoms with Crippen LogP contribution in [0.15, 0.2) is 18.5 Å². The van der Waals surface area contributed by atoms with Gasteiger partial charge in [-0.3, -0.25) is 4.98 Å². The van der Waals surface area contributed by atoms with Crippen molar-refractivity contribution >= 4 is 0 Å². The lowest BCUT2D eigenvalue weighted by Gasteiger charge is -2.21. The molecule has 2 N–H and O–H groups in total. The Morgan fingerprint density at radius 2 is 2.06 bits per heavy atom. The highest BCUT2D eigenvalue weighted by Gasteiger charge is 2.22. The van der Waals surface area contributed by atoms with E-state index in [1.807, 2.05) is 6.20 Å². The van der Waals surface area contributed by atoms with Crippen LogP contribution in [-0.4, -0.2) is 18.1 Å². The summed E-state index contributed by atoms with van der Waals surface area (Å²) in [7, 11) is 1.67. The Kier molecular flexibility index (Phi) is 3.78. The van der Waals surface area contributed by atoms with Crippen LogP contribution in [0.25, 0.3) is 0 Å². The Hall–Kier alpha value is -1.09. The molecule has 1 aliphatic carbocycles. The number of pyridine rings is 1. The second kappa shape index (κ2) is 5.30. The Labute approximate surface area is 97.0 Å². The van der Waals surface area contributed by atoms with E-state index in [1.54, 1.807) is 13.3 Å². The highest BCUT2D eigenvalue weighted by molar-refractivity contribution is 5.27. The number of ether oxygens (including phenoxy) is 1. The summed E-state index contributed by atoms with van der Waals surface area (Å²) in [6.45, 7) is 0. The van der Waals surface area contributed by atoms with Crippen molar-refractivity contribution in [3.8, 4) is 5.75 Å². The molecule has 0 amide bonds. The minimum atomic E-state index is 0.274. The predicted octanol–water partition coefficient (Wildman–Crippen LogP) is 2.47. The van der Waals surface area contributed by atoms with Gasteiger partial charge in [-0.25, -0.2) is 0 Å². The lowest BCUT2D eigenvalue weighted by Crippen LogP contribution is -2.27. The zero-order valence-corrected chi connectivity index (χ0v) is 9.86. The van der Waals surface area contributed by atoms with E-state index in [9.17, 15) is 0 Å². The van der Waals surface area contributed by atoms with E-state index in [0.29, 0.717) is 5.92 Å². The molecule has 2 atom stereocenters. The third kappa shape index (κ3) is 2.53. The van der Waals surface area contributed by atoms with Crippen molar-refractivity contribution in [2.45, 2.75) is 44.1 Å². The van der Waals surface area contributed by atoms with Crippen LogP contribution in [0.2, 0.25) is 0 Å². The SMILES string of the molecule is COc1cncc(C2CCCCCC2N)c1. The standard InChI is InChI=1S/C13H20N2O/c1-16-11-7-10(8-15-9-11)12-5-3-2-4-6-13(12)14/h7-9,12-13H,2-6,14H2,1H3. The second-order valence-electron chi connectivity index (χ2n) is 4.57. The first-order valence-electron chi connectivity index (χ1n) is 6.06. The number of aromatic nitrogens is 1. The Balaban J connectivity index is 2.19. The van der Waals surface area contributed by atoms with Gasteiger partial charge < -0.3 is 10.5 Å². The van der Waals surface area contributed by atoms with E-state index in [4.69, 9.17) is 10.5 Å². The fraction of sp³-hybridized carbons (Fsp3) is 0.615. The molecule has 2 rings (SSSR count). The summed E-state index contributed by atoms with van der Waals surface area (Å²) in [5.41, 5.74) is 7.46. The van der Waals surface area contributed by atoms with Crippen molar-refractivity contribution in [2.24, 2.45) is 5.73 Å². The van der Waals surface area contributed by atoms with Crippen LogP contribution in [0.1, 0.15) is 43.6 Å². The molecule has 0 spiro atoms. The molecule has 0 saturated heterocycles. The highest BCUT2D eigenvalue weighted by atomic mass is 16.5. The van der Waals surface area contributed by atoms with Gasteiger partial charge in [-0.2, -0.15) is 0 Å². The summed E-state index contributed by atoms with van der Waals surface area (Å²) >= 11 is 0. The van der Waals surface area contributed by atoms with Gasteiger partial charge in [-0.05, 0) is 24.5 Å². The average molecular weight is 220 g/mol. The Bertz CT molecular complexity index is 340. The molecule has 0 bridgehead atoms. The van der Waals surface area contributed by atoms with Gasteiger partial charge in [0, 0.05) is 18.2 Å². The van der Waals surface area contributed by atoms with Gasteiger partial charge in [0.05, 0.1) is 13.3 Å². The number of rotatable bonds is 2. The number of hydrogen-bond acceptors (Lipinski definition) is 3. The van der Waals surface area contributed by atoms with Crippen molar-refractivity contribution in [3.05, 3.63) is 24.0 Å². The molecule has 1 aromatic rings. The van der Waals surface area contributed by atoms with Crippen molar-refractivity contribution in [3.63, 3.8) is 0 Å². The molecule has 2 unspecified atom stereocenters. The van der Waals surface area contributed by atoms with Crippen LogP contribution in [-0.2, 0) is 0 Å². The molecule has 1 fully saturated rings. The molecule has 3 heteroatoms. The van der Waals surface area contributed by atoms with Crippen LogP contribution in [0.5, 0.6) is 5.75 Å². The first-order valence-corrected chi connectivity index (χ1v) is 6.06. The topological polar surface area (TPSA) is 48.1 Å². The normalized spacial score (nSPS) is 26.1. The zero-order valence-electron chi connectivity index (χ0n) is 9.86. The fourth-order valence-electron chi connectivity index (χ4n) is 2.50. The molecule has 1 heterocycles. The van der Waals surface area contributed by atoms with E-state index in [1.165, 1.54) is 31.2 Å². The lowest BCUT2D eigenvalue weighted by atomic mass is 9.89. The smallest absolute Gasteiger partial charge is 0.137 e. The molecule has 0 radical (unpaired) electrons. The third-order valence-electron chi connectivity index (χ3n) is 3.47. The molecule has 0 aromatic carbocycles. The summed E-state index contributed by atoms with van der Waals surface area (Å²) in [6.07, 6.45) is 9.81. The van der Waals surface area contributed by atoms with Gasteiger partial charge in [-0.15, -0.1) is 0 Å². The maximum atomic E-state index is 6.23. The molecular weight excluding hydrogens is 200 g/mol. The van der Waals surface area contributed by atoms with Gasteiger partial charge in [-0.1, -0.05) is 19.3 Å². The number of nitrogens with zero attached hydrogens (tertiary/aromatic N) is 1. The summed E-state index contributed by atoms with van der Waals surface area (Å²) in [5.74, 6) is 1.28. The van der Waals surface area contributed by atoms with Crippen LogP contribution < -0.4 is 10.5 Å².